The van der Waals surface area contributed by atoms with E-state index in [1.807, 2.05) is 182 Å². The van der Waals surface area contributed by atoms with Gasteiger partial charge in [0.25, 0.3) is 0 Å². The topological polar surface area (TPSA) is 102 Å². The third kappa shape index (κ3) is 20.6. The third-order valence-corrected chi connectivity index (χ3v) is 15.0. The fourth-order valence-electron chi connectivity index (χ4n) is 10.5. The van der Waals surface area contributed by atoms with E-state index in [0.29, 0.717) is 0 Å². The maximum Gasteiger partial charge on any atom is 0.166 e. The maximum atomic E-state index is 13.2. The van der Waals surface area contributed by atoms with E-state index in [2.05, 4.69) is 41.5 Å². The number of rotatable bonds is 33. The molecule has 78 heavy (non-hydrogen) atoms. The second kappa shape index (κ2) is 37.2. The SMILES string of the molecule is CCCC[C@H](C(=O)c1ccccc1)[C@@H](CCCC)C(=O)c1ccccc1.CCCC[C@H](C(=O)c1ccccc1)[C@@H](CCCC)C(=O)c1ccccc1.CCCC[C@H](C(=O)c1ccccc1)[C@@H](CCCC)C(=O)c1ccccc1. The van der Waals surface area contributed by atoms with Gasteiger partial charge in [-0.15, -0.1) is 0 Å². The lowest BCUT2D eigenvalue weighted by atomic mass is 9.76. The fourth-order valence-corrected chi connectivity index (χ4v) is 10.5. The van der Waals surface area contributed by atoms with E-state index in [-0.39, 0.29) is 70.2 Å². The molecule has 0 heterocycles. The lowest BCUT2D eigenvalue weighted by Gasteiger charge is -2.25. The number of hydrogen-bond acceptors (Lipinski definition) is 6. The molecule has 0 saturated carbocycles. The number of ketones is 6. The summed E-state index contributed by atoms with van der Waals surface area (Å²) in [5.74, 6) is -0.744. The van der Waals surface area contributed by atoms with Crippen LogP contribution in [0.4, 0.5) is 0 Å². The number of carbonyl (C=O) groups is 6. The summed E-state index contributed by atoms with van der Waals surface area (Å²) in [5, 5.41) is 0. The Labute approximate surface area is 469 Å². The van der Waals surface area contributed by atoms with Gasteiger partial charge in [0.05, 0.1) is 0 Å². The van der Waals surface area contributed by atoms with Crippen LogP contribution in [0.5, 0.6) is 0 Å². The molecule has 0 aromatic heterocycles. The lowest BCUT2D eigenvalue weighted by molar-refractivity contribution is 0.0741. The van der Waals surface area contributed by atoms with Crippen molar-refractivity contribution in [2.45, 2.75) is 157 Å². The summed E-state index contributed by atoms with van der Waals surface area (Å²) in [6.45, 7) is 12.8. The van der Waals surface area contributed by atoms with Crippen molar-refractivity contribution in [1.82, 2.24) is 0 Å². The van der Waals surface area contributed by atoms with Crippen molar-refractivity contribution in [2.75, 3.05) is 0 Å². The highest BCUT2D eigenvalue weighted by Crippen LogP contribution is 2.34. The molecule has 6 aromatic carbocycles. The summed E-state index contributed by atoms with van der Waals surface area (Å²) in [7, 11) is 0. The van der Waals surface area contributed by atoms with E-state index >= 15 is 0 Å². The predicted molar refractivity (Wildman–Crippen MR) is 323 cm³/mol. The number of Topliss-reactive ketones (excluding diaryl/α,β-unsaturated/α-hetero) is 6. The van der Waals surface area contributed by atoms with E-state index in [0.717, 1.165) is 149 Å². The molecule has 0 aliphatic heterocycles. The van der Waals surface area contributed by atoms with Crippen LogP contribution < -0.4 is 0 Å². The van der Waals surface area contributed by atoms with Crippen molar-refractivity contribution in [3.8, 4) is 0 Å². The first kappa shape index (κ1) is 63.9. The van der Waals surface area contributed by atoms with Crippen molar-refractivity contribution in [2.24, 2.45) is 35.5 Å². The van der Waals surface area contributed by atoms with Gasteiger partial charge in [0, 0.05) is 68.9 Å². The Hall–Kier alpha value is -6.66. The zero-order chi connectivity index (χ0) is 56.3. The minimum atomic E-state index is -0.239. The van der Waals surface area contributed by atoms with Gasteiger partial charge in [-0.1, -0.05) is 301 Å². The minimum Gasteiger partial charge on any atom is -0.294 e. The second-order valence-corrected chi connectivity index (χ2v) is 20.9. The zero-order valence-electron chi connectivity index (χ0n) is 48.0. The molecule has 6 nitrogen and oxygen atoms in total. The molecule has 6 atom stereocenters. The van der Waals surface area contributed by atoms with Crippen LogP contribution in [0, 0.1) is 35.5 Å². The molecular weight excluding hydrogens is 961 g/mol. The van der Waals surface area contributed by atoms with Crippen LogP contribution in [-0.2, 0) is 0 Å². The summed E-state index contributed by atoms with van der Waals surface area (Å²) in [6.07, 6.45) is 16.6. The molecular formula is C72H90O6. The Bertz CT molecular complexity index is 2140. The second-order valence-electron chi connectivity index (χ2n) is 20.9. The molecule has 0 aliphatic carbocycles. The van der Waals surface area contributed by atoms with Crippen molar-refractivity contribution in [1.29, 1.82) is 0 Å². The molecule has 0 spiro atoms. The van der Waals surface area contributed by atoms with Gasteiger partial charge in [0.15, 0.2) is 34.7 Å². The van der Waals surface area contributed by atoms with E-state index in [9.17, 15) is 28.8 Å². The van der Waals surface area contributed by atoms with Crippen LogP contribution in [-0.4, -0.2) is 34.7 Å². The standard InChI is InChI=1S/3C24H30O2/c3*1-3-5-17-21(23(25)19-13-9-7-10-14-19)22(18-6-4-2)24(26)20-15-11-8-12-16-20/h3*7-16,21-22H,3-6,17-18H2,1-2H3/t3*21-,22+. The molecule has 0 bridgehead atoms. The largest absolute Gasteiger partial charge is 0.294 e. The van der Waals surface area contributed by atoms with Crippen LogP contribution in [0.3, 0.4) is 0 Å². The van der Waals surface area contributed by atoms with Crippen molar-refractivity contribution in [3.05, 3.63) is 215 Å². The molecule has 414 valence electrons. The molecule has 0 amide bonds. The van der Waals surface area contributed by atoms with Gasteiger partial charge in [-0.25, -0.2) is 0 Å². The van der Waals surface area contributed by atoms with Gasteiger partial charge >= 0.3 is 0 Å². The van der Waals surface area contributed by atoms with Crippen molar-refractivity contribution >= 4 is 34.7 Å². The highest BCUT2D eigenvalue weighted by atomic mass is 16.2. The summed E-state index contributed by atoms with van der Waals surface area (Å²) >= 11 is 0. The van der Waals surface area contributed by atoms with Gasteiger partial charge < -0.3 is 0 Å². The Morgan fingerprint density at radius 3 is 0.436 bits per heavy atom. The highest BCUT2D eigenvalue weighted by Gasteiger charge is 2.36. The van der Waals surface area contributed by atoms with Gasteiger partial charge in [0.1, 0.15) is 0 Å². The quantitative estimate of drug-likeness (QED) is 0.0381. The highest BCUT2D eigenvalue weighted by molar-refractivity contribution is 6.06. The molecule has 0 radical (unpaired) electrons. The third-order valence-electron chi connectivity index (χ3n) is 15.0. The van der Waals surface area contributed by atoms with Gasteiger partial charge in [-0.3, -0.25) is 28.8 Å². The first-order valence-electron chi connectivity index (χ1n) is 29.6. The smallest absolute Gasteiger partial charge is 0.166 e. The van der Waals surface area contributed by atoms with E-state index in [1.165, 1.54) is 0 Å². The van der Waals surface area contributed by atoms with Crippen molar-refractivity contribution in [3.63, 3.8) is 0 Å². The first-order valence-corrected chi connectivity index (χ1v) is 29.6. The van der Waals surface area contributed by atoms with E-state index in [1.54, 1.807) is 0 Å². The Balaban J connectivity index is 0.000000252. The number of hydrogen-bond donors (Lipinski definition) is 0. The molecule has 0 unspecified atom stereocenters. The number of carbonyl (C=O) groups excluding carboxylic acids is 6. The van der Waals surface area contributed by atoms with Crippen LogP contribution in [0.15, 0.2) is 182 Å². The monoisotopic (exact) mass is 1050 g/mol. The predicted octanol–water partition coefficient (Wildman–Crippen LogP) is 19.1. The van der Waals surface area contributed by atoms with Gasteiger partial charge in [0.2, 0.25) is 0 Å². The van der Waals surface area contributed by atoms with Gasteiger partial charge in [-0.2, -0.15) is 0 Å². The Morgan fingerprint density at radius 1 is 0.218 bits per heavy atom. The molecule has 0 N–H and O–H groups in total. The minimum absolute atomic E-state index is 0.115. The maximum absolute atomic E-state index is 13.2. The van der Waals surface area contributed by atoms with E-state index < -0.39 is 0 Å². The summed E-state index contributed by atoms with van der Waals surface area (Å²) in [6, 6.07) is 56.6. The Kier molecular flexibility index (Phi) is 30.5. The van der Waals surface area contributed by atoms with Crippen LogP contribution in [0.25, 0.3) is 0 Å². The molecule has 6 rings (SSSR count). The number of unbranched alkanes of at least 4 members (excludes halogenated alkanes) is 6. The first-order chi connectivity index (χ1) is 38.1. The number of benzene rings is 6. The molecule has 0 aliphatic rings. The molecule has 6 aromatic rings. The summed E-state index contributed by atoms with van der Waals surface area (Å²) < 4.78 is 0. The molecule has 6 heteroatoms. The van der Waals surface area contributed by atoms with Crippen molar-refractivity contribution < 1.29 is 28.8 Å². The summed E-state index contributed by atoms with van der Waals surface area (Å²) in [4.78, 5) is 79.4. The fraction of sp³-hybridized carbons (Fsp3) is 0.417. The average Bonchev–Trinajstić information content (AvgIpc) is 3.51. The zero-order valence-corrected chi connectivity index (χ0v) is 48.0. The Morgan fingerprint density at radius 2 is 0.333 bits per heavy atom. The average molecular weight is 1050 g/mol. The van der Waals surface area contributed by atoms with Gasteiger partial charge in [-0.05, 0) is 38.5 Å². The van der Waals surface area contributed by atoms with Crippen LogP contribution in [0.1, 0.15) is 219 Å². The van der Waals surface area contributed by atoms with Crippen LogP contribution >= 0.6 is 0 Å². The normalized spacial score (nSPS) is 13.2. The molecule has 0 fully saturated rings. The molecule has 0 saturated heterocycles. The lowest BCUT2D eigenvalue weighted by Crippen LogP contribution is -2.30. The summed E-state index contributed by atoms with van der Waals surface area (Å²) in [5.41, 5.74) is 4.31. The van der Waals surface area contributed by atoms with Crippen LogP contribution in [0.2, 0.25) is 0 Å². The van der Waals surface area contributed by atoms with E-state index in [4.69, 9.17) is 0 Å².